The molecule has 0 amide bonds. The van der Waals surface area contributed by atoms with Crippen LogP contribution < -0.4 is 4.90 Å². The molecule has 0 unspecified atom stereocenters. The van der Waals surface area contributed by atoms with Gasteiger partial charge in [-0.25, -0.2) is 0 Å². The van der Waals surface area contributed by atoms with Crippen molar-refractivity contribution in [3.05, 3.63) is 246 Å². The van der Waals surface area contributed by atoms with Crippen LogP contribution in [0.2, 0.25) is 0 Å². The summed E-state index contributed by atoms with van der Waals surface area (Å²) in [6.45, 7) is 4.75. The third-order valence-corrected chi connectivity index (χ3v) is 10.9. The quantitative estimate of drug-likeness (QED) is 0.143. The molecule has 0 aliphatic heterocycles. The molecule has 1 aliphatic rings. The van der Waals surface area contributed by atoms with E-state index in [-0.39, 0.29) is 5.41 Å². The molecule has 8 aromatic rings. The van der Waals surface area contributed by atoms with Gasteiger partial charge in [0.2, 0.25) is 0 Å². The zero-order valence-electron chi connectivity index (χ0n) is 30.7. The molecule has 8 aromatic carbocycles. The Hall–Kier alpha value is -6.70. The van der Waals surface area contributed by atoms with E-state index in [1.165, 1.54) is 61.3 Å². The molecular formula is C53H41N. The number of nitrogens with zero attached hydrogens (tertiary/aromatic N) is 1. The van der Waals surface area contributed by atoms with Crippen LogP contribution in [0.4, 0.5) is 17.1 Å². The molecule has 0 saturated heterocycles. The van der Waals surface area contributed by atoms with Crippen molar-refractivity contribution in [1.82, 2.24) is 0 Å². The predicted molar refractivity (Wildman–Crippen MR) is 228 cm³/mol. The number of rotatable bonds is 8. The van der Waals surface area contributed by atoms with Crippen LogP contribution >= 0.6 is 0 Å². The van der Waals surface area contributed by atoms with Crippen LogP contribution in [-0.2, 0) is 5.41 Å². The molecule has 0 atom stereocenters. The fourth-order valence-corrected chi connectivity index (χ4v) is 8.43. The van der Waals surface area contributed by atoms with Gasteiger partial charge in [-0.1, -0.05) is 202 Å². The van der Waals surface area contributed by atoms with Gasteiger partial charge in [0.15, 0.2) is 0 Å². The Morgan fingerprint density at radius 2 is 0.833 bits per heavy atom. The van der Waals surface area contributed by atoms with Crippen molar-refractivity contribution in [2.75, 3.05) is 4.90 Å². The maximum Gasteiger partial charge on any atom is 0.0540 e. The van der Waals surface area contributed by atoms with Gasteiger partial charge in [0.25, 0.3) is 0 Å². The Balaban J connectivity index is 1.36. The number of benzene rings is 8. The first kappa shape index (κ1) is 33.2. The highest BCUT2D eigenvalue weighted by Crippen LogP contribution is 2.55. The summed E-state index contributed by atoms with van der Waals surface area (Å²) in [5, 5.41) is 0. The predicted octanol–water partition coefficient (Wildman–Crippen LogP) is 14.1. The first-order valence-corrected chi connectivity index (χ1v) is 18.8. The second kappa shape index (κ2) is 14.0. The van der Waals surface area contributed by atoms with Crippen molar-refractivity contribution in [3.63, 3.8) is 0 Å². The Kier molecular flexibility index (Phi) is 8.61. The van der Waals surface area contributed by atoms with Gasteiger partial charge in [-0.2, -0.15) is 0 Å². The van der Waals surface area contributed by atoms with Crippen molar-refractivity contribution in [2.45, 2.75) is 19.3 Å². The van der Waals surface area contributed by atoms with Gasteiger partial charge >= 0.3 is 0 Å². The third-order valence-electron chi connectivity index (χ3n) is 10.9. The molecule has 1 heteroatoms. The second-order valence-electron chi connectivity index (χ2n) is 14.5. The summed E-state index contributed by atoms with van der Waals surface area (Å²) < 4.78 is 0. The molecule has 258 valence electrons. The van der Waals surface area contributed by atoms with Crippen LogP contribution in [0.25, 0.3) is 33.4 Å². The Morgan fingerprint density at radius 1 is 0.370 bits per heavy atom. The van der Waals surface area contributed by atoms with Gasteiger partial charge < -0.3 is 4.90 Å². The lowest BCUT2D eigenvalue weighted by Gasteiger charge is -2.34. The summed E-state index contributed by atoms with van der Waals surface area (Å²) in [4.78, 5) is 2.51. The van der Waals surface area contributed by atoms with Gasteiger partial charge in [0, 0.05) is 16.7 Å². The van der Waals surface area contributed by atoms with E-state index in [1.807, 2.05) is 0 Å². The lowest BCUT2D eigenvalue weighted by atomic mass is 9.81. The van der Waals surface area contributed by atoms with Gasteiger partial charge in [-0.15, -0.1) is 0 Å². The van der Waals surface area contributed by atoms with E-state index in [2.05, 4.69) is 231 Å². The number of fused-ring (bicyclic) bond motifs is 3. The van der Waals surface area contributed by atoms with Crippen LogP contribution in [-0.4, -0.2) is 0 Å². The van der Waals surface area contributed by atoms with Crippen LogP contribution in [0.1, 0.15) is 47.2 Å². The van der Waals surface area contributed by atoms with Crippen molar-refractivity contribution in [1.29, 1.82) is 0 Å². The topological polar surface area (TPSA) is 3.24 Å². The van der Waals surface area contributed by atoms with E-state index < -0.39 is 0 Å². The molecule has 0 fully saturated rings. The molecule has 0 saturated carbocycles. The fraction of sp³-hybridized carbons (Fsp3) is 0.0566. The van der Waals surface area contributed by atoms with Crippen molar-refractivity contribution in [3.8, 4) is 22.3 Å². The van der Waals surface area contributed by atoms with Crippen LogP contribution in [0, 0.1) is 0 Å². The Morgan fingerprint density at radius 3 is 1.46 bits per heavy atom. The normalized spacial score (nSPS) is 12.4. The van der Waals surface area contributed by atoms with Crippen LogP contribution in [0.15, 0.2) is 212 Å². The highest BCUT2D eigenvalue weighted by molar-refractivity contribution is 6.08. The molecule has 0 aromatic heterocycles. The first-order valence-electron chi connectivity index (χ1n) is 18.8. The van der Waals surface area contributed by atoms with Gasteiger partial charge in [-0.05, 0) is 85.5 Å². The van der Waals surface area contributed by atoms with E-state index >= 15 is 0 Å². The molecule has 0 heterocycles. The van der Waals surface area contributed by atoms with Crippen LogP contribution in [0.5, 0.6) is 0 Å². The van der Waals surface area contributed by atoms with Crippen molar-refractivity contribution >= 4 is 28.2 Å². The number of hydrogen-bond donors (Lipinski definition) is 0. The molecule has 9 rings (SSSR count). The summed E-state index contributed by atoms with van der Waals surface area (Å²) >= 11 is 0. The van der Waals surface area contributed by atoms with E-state index in [0.29, 0.717) is 0 Å². The zero-order chi connectivity index (χ0) is 36.5. The lowest BCUT2D eigenvalue weighted by molar-refractivity contribution is 0.661. The van der Waals surface area contributed by atoms with E-state index in [1.54, 1.807) is 0 Å². The minimum absolute atomic E-state index is 0.211. The summed E-state index contributed by atoms with van der Waals surface area (Å²) in [5.74, 6) is 0. The van der Waals surface area contributed by atoms with E-state index in [4.69, 9.17) is 0 Å². The molecule has 0 N–H and O–H groups in total. The fourth-order valence-electron chi connectivity index (χ4n) is 8.43. The number of para-hydroxylation sites is 1. The number of anilines is 3. The zero-order valence-corrected chi connectivity index (χ0v) is 30.7. The maximum absolute atomic E-state index is 2.51. The summed E-state index contributed by atoms with van der Waals surface area (Å²) in [5.41, 5.74) is 18.0. The molecule has 0 bridgehead atoms. The number of hydrogen-bond acceptors (Lipinski definition) is 1. The molecule has 0 radical (unpaired) electrons. The molecule has 1 nitrogen and oxygen atoms in total. The average molecular weight is 692 g/mol. The second-order valence-corrected chi connectivity index (χ2v) is 14.5. The smallest absolute Gasteiger partial charge is 0.0540 e. The SMILES string of the molecule is CC1(C)c2ccccc2-c2cccc(N(c3ccc(-c4ccccc4)cc3)c3ccccc3C(=C(c3ccccc3)c3ccccc3)c3ccccc3)c21. The van der Waals surface area contributed by atoms with Crippen LogP contribution in [0.3, 0.4) is 0 Å². The first-order chi connectivity index (χ1) is 26.6. The molecule has 1 aliphatic carbocycles. The molecule has 0 spiro atoms. The standard InChI is InChI=1S/C53H41N/c1-53(2)47-31-17-15-28-44(47)45-30-19-33-49(52(45)53)54(43-36-34-39(35-37-43)38-20-7-3-8-21-38)48-32-18-16-29-46(48)51(42-26-13-6-14-27-42)50(40-22-9-4-10-23-40)41-24-11-5-12-25-41/h3-37H,1-2H3. The van der Waals surface area contributed by atoms with E-state index in [9.17, 15) is 0 Å². The Labute approximate surface area is 319 Å². The summed E-state index contributed by atoms with van der Waals surface area (Å²) in [7, 11) is 0. The highest BCUT2D eigenvalue weighted by Gasteiger charge is 2.39. The monoisotopic (exact) mass is 691 g/mol. The molecule has 54 heavy (non-hydrogen) atoms. The van der Waals surface area contributed by atoms with Gasteiger partial charge in [0.1, 0.15) is 0 Å². The van der Waals surface area contributed by atoms with Crippen molar-refractivity contribution in [2.24, 2.45) is 0 Å². The highest BCUT2D eigenvalue weighted by atomic mass is 15.1. The van der Waals surface area contributed by atoms with Crippen molar-refractivity contribution < 1.29 is 0 Å². The van der Waals surface area contributed by atoms with E-state index in [0.717, 1.165) is 22.5 Å². The largest absolute Gasteiger partial charge is 0.310 e. The minimum atomic E-state index is -0.211. The van der Waals surface area contributed by atoms with Gasteiger partial charge in [0.05, 0.1) is 11.4 Å². The minimum Gasteiger partial charge on any atom is -0.310 e. The average Bonchev–Trinajstić information content (AvgIpc) is 3.48. The third kappa shape index (κ3) is 5.85. The lowest BCUT2D eigenvalue weighted by Crippen LogP contribution is -2.21. The summed E-state index contributed by atoms with van der Waals surface area (Å²) in [6.07, 6.45) is 0. The summed E-state index contributed by atoms with van der Waals surface area (Å²) in [6, 6.07) is 77.0. The van der Waals surface area contributed by atoms with Gasteiger partial charge in [-0.3, -0.25) is 0 Å². The maximum atomic E-state index is 2.51. The Bertz CT molecular complexity index is 2540. The molecular weight excluding hydrogens is 651 g/mol.